The van der Waals surface area contributed by atoms with Crippen LogP contribution < -0.4 is 17.1 Å². The lowest BCUT2D eigenvalue weighted by Crippen LogP contribution is -2.55. The van der Waals surface area contributed by atoms with Crippen molar-refractivity contribution in [2.45, 2.75) is 39.1 Å². The van der Waals surface area contributed by atoms with E-state index in [0.717, 1.165) is 19.8 Å². The number of ether oxygens (including phenoxy) is 1. The summed E-state index contributed by atoms with van der Waals surface area (Å²) in [5.74, 6) is 3.66. The van der Waals surface area contributed by atoms with Crippen LogP contribution in [0, 0.1) is 24.7 Å². The monoisotopic (exact) mass is 331 g/mol. The van der Waals surface area contributed by atoms with Crippen molar-refractivity contribution in [3.05, 3.63) is 44.1 Å². The van der Waals surface area contributed by atoms with Crippen molar-refractivity contribution in [2.75, 3.05) is 0 Å². The lowest BCUT2D eigenvalue weighted by atomic mass is 10.3. The summed E-state index contributed by atoms with van der Waals surface area (Å²) >= 11 is 0. The molecule has 0 aliphatic heterocycles. The predicted octanol–water partition coefficient (Wildman–Crippen LogP) is -1.05. The van der Waals surface area contributed by atoms with E-state index in [4.69, 9.17) is 17.6 Å². The molecule has 0 saturated carbocycles. The molecule has 0 saturated heterocycles. The molecule has 0 aliphatic carbocycles. The fourth-order valence-corrected chi connectivity index (χ4v) is 1.96. The van der Waals surface area contributed by atoms with Crippen LogP contribution in [0.2, 0.25) is 0 Å². The maximum Gasteiger partial charge on any atom is 0.338 e. The number of hydrogen-bond acceptors (Lipinski definition) is 5. The second kappa shape index (κ2) is 8.39. The number of carbonyl (C=O) groups excluding carboxylic acids is 1. The lowest BCUT2D eigenvalue weighted by molar-refractivity contribution is -0.143. The van der Waals surface area contributed by atoms with Crippen molar-refractivity contribution in [3.8, 4) is 24.7 Å². The quantitative estimate of drug-likeness (QED) is 0.361. The summed E-state index contributed by atoms with van der Waals surface area (Å²) < 4.78 is 7.28. The van der Waals surface area contributed by atoms with Gasteiger partial charge in [0.1, 0.15) is 6.10 Å². The van der Waals surface area contributed by atoms with Gasteiger partial charge in [0.25, 0.3) is 0 Å². The van der Waals surface area contributed by atoms with Crippen molar-refractivity contribution in [1.82, 2.24) is 13.7 Å². The van der Waals surface area contributed by atoms with Crippen molar-refractivity contribution in [3.63, 3.8) is 0 Å². The molecule has 0 aromatic carbocycles. The summed E-state index contributed by atoms with van der Waals surface area (Å²) in [4.78, 5) is 48.2. The highest BCUT2D eigenvalue weighted by Crippen LogP contribution is 2.00. The van der Waals surface area contributed by atoms with Gasteiger partial charge in [-0.25, -0.2) is 32.9 Å². The summed E-state index contributed by atoms with van der Waals surface area (Å²) in [7, 11) is 0. The fourth-order valence-electron chi connectivity index (χ4n) is 1.96. The Morgan fingerprint density at radius 3 is 1.96 bits per heavy atom. The fraction of sp³-hybridized carbons (Fsp3) is 0.375. The van der Waals surface area contributed by atoms with E-state index in [0.29, 0.717) is 6.42 Å². The molecule has 0 radical (unpaired) electrons. The Kier molecular flexibility index (Phi) is 6.57. The zero-order chi connectivity index (χ0) is 18.3. The maximum atomic E-state index is 12.4. The number of carbonyl (C=O) groups is 1. The van der Waals surface area contributed by atoms with E-state index in [1.807, 2.05) is 0 Å². The van der Waals surface area contributed by atoms with Crippen LogP contribution >= 0.6 is 0 Å². The van der Waals surface area contributed by atoms with E-state index in [2.05, 4.69) is 18.4 Å². The van der Waals surface area contributed by atoms with Crippen molar-refractivity contribution in [1.29, 1.82) is 0 Å². The van der Waals surface area contributed by atoms with Crippen LogP contribution in [0.15, 0.2) is 27.0 Å². The van der Waals surface area contributed by atoms with Crippen LogP contribution in [-0.2, 0) is 29.2 Å². The van der Waals surface area contributed by atoms with Crippen LogP contribution in [0.3, 0.4) is 0 Å². The molecular formula is C16H17N3O5. The third kappa shape index (κ3) is 3.93. The number of nitrogens with zero attached hydrogens (tertiary/aromatic N) is 3. The van der Waals surface area contributed by atoms with Gasteiger partial charge in [0.2, 0.25) is 0 Å². The van der Waals surface area contributed by atoms with Crippen molar-refractivity contribution >= 4 is 5.97 Å². The molecule has 24 heavy (non-hydrogen) atoms. The molecule has 1 heterocycles. The van der Waals surface area contributed by atoms with Crippen LogP contribution in [0.4, 0.5) is 0 Å². The molecule has 1 atom stereocenters. The third-order valence-electron chi connectivity index (χ3n) is 3.18. The van der Waals surface area contributed by atoms with Gasteiger partial charge in [-0.3, -0.25) is 0 Å². The topological polar surface area (TPSA) is 92.3 Å². The molecule has 8 nitrogen and oxygen atoms in total. The Balaban J connectivity index is 3.50. The summed E-state index contributed by atoms with van der Waals surface area (Å²) in [5, 5.41) is 0. The first-order valence-corrected chi connectivity index (χ1v) is 7.05. The molecule has 126 valence electrons. The second-order valence-corrected chi connectivity index (χ2v) is 4.71. The molecule has 0 spiro atoms. The van der Waals surface area contributed by atoms with Crippen LogP contribution in [-0.4, -0.2) is 25.8 Å². The van der Waals surface area contributed by atoms with E-state index >= 15 is 0 Å². The van der Waals surface area contributed by atoms with Gasteiger partial charge in [-0.2, -0.15) is 0 Å². The van der Waals surface area contributed by atoms with E-state index in [1.165, 1.54) is 0 Å². The number of hydrogen-bond donors (Lipinski definition) is 0. The Morgan fingerprint density at radius 2 is 1.58 bits per heavy atom. The van der Waals surface area contributed by atoms with Gasteiger partial charge in [0.05, 0.1) is 19.6 Å². The minimum Gasteiger partial charge on any atom is -0.457 e. The molecule has 1 unspecified atom stereocenters. The third-order valence-corrected chi connectivity index (χ3v) is 3.18. The van der Waals surface area contributed by atoms with Gasteiger partial charge < -0.3 is 4.74 Å². The standard InChI is InChI=1S/C16H17N3O5/c1-5-9-17-14(21)18(10-6-2)16(23)19(15(17)22)11-12(7-3)24-13(20)8-4/h1-2,8,12H,4,7,9-11H2,3H3. The highest BCUT2D eigenvalue weighted by atomic mass is 16.5. The van der Waals surface area contributed by atoms with E-state index in [1.54, 1.807) is 6.92 Å². The molecule has 1 aromatic heterocycles. The SMILES string of the molecule is C#CCn1c(=O)n(CC#C)c(=O)n(CC(CC)OC(=O)C=C)c1=O. The highest BCUT2D eigenvalue weighted by Gasteiger charge is 2.19. The van der Waals surface area contributed by atoms with E-state index in [9.17, 15) is 19.2 Å². The second-order valence-electron chi connectivity index (χ2n) is 4.71. The maximum absolute atomic E-state index is 12.4. The molecule has 0 fully saturated rings. The molecule has 0 bridgehead atoms. The molecule has 1 rings (SSSR count). The average molecular weight is 331 g/mol. The minimum atomic E-state index is -0.885. The van der Waals surface area contributed by atoms with E-state index in [-0.39, 0.29) is 19.6 Å². The first-order valence-electron chi connectivity index (χ1n) is 7.05. The zero-order valence-corrected chi connectivity index (χ0v) is 13.2. The molecule has 1 aromatic rings. The zero-order valence-electron chi connectivity index (χ0n) is 13.2. The Bertz CT molecular complexity index is 834. The molecule has 0 amide bonds. The largest absolute Gasteiger partial charge is 0.457 e. The van der Waals surface area contributed by atoms with Gasteiger partial charge in [-0.15, -0.1) is 12.8 Å². The number of aromatic nitrogens is 3. The summed E-state index contributed by atoms with van der Waals surface area (Å²) in [6.07, 6.45) is 10.9. The van der Waals surface area contributed by atoms with Gasteiger partial charge in [0, 0.05) is 6.08 Å². The Hall–Kier alpha value is -3.26. The predicted molar refractivity (Wildman–Crippen MR) is 87.3 cm³/mol. The summed E-state index contributed by atoms with van der Waals surface area (Å²) in [6, 6.07) is 0. The van der Waals surface area contributed by atoms with Gasteiger partial charge >= 0.3 is 23.0 Å². The number of rotatable bonds is 7. The van der Waals surface area contributed by atoms with Crippen LogP contribution in [0.5, 0.6) is 0 Å². The molecule has 0 N–H and O–H groups in total. The van der Waals surface area contributed by atoms with Crippen molar-refractivity contribution in [2.24, 2.45) is 0 Å². The number of terminal acetylenes is 2. The highest BCUT2D eigenvalue weighted by molar-refractivity contribution is 5.81. The minimum absolute atomic E-state index is 0.233. The first-order chi connectivity index (χ1) is 11.4. The molecular weight excluding hydrogens is 314 g/mol. The summed E-state index contributed by atoms with van der Waals surface area (Å²) in [5.41, 5.74) is -2.65. The van der Waals surface area contributed by atoms with Crippen LogP contribution in [0.25, 0.3) is 0 Å². The first kappa shape index (κ1) is 18.8. The van der Waals surface area contributed by atoms with Gasteiger partial charge in [-0.1, -0.05) is 25.3 Å². The normalized spacial score (nSPS) is 11.1. The smallest absolute Gasteiger partial charge is 0.338 e. The molecule has 8 heteroatoms. The summed E-state index contributed by atoms with van der Waals surface area (Å²) in [6.45, 7) is 4.13. The molecule has 0 aliphatic rings. The van der Waals surface area contributed by atoms with Crippen LogP contribution in [0.1, 0.15) is 13.3 Å². The van der Waals surface area contributed by atoms with E-state index < -0.39 is 29.1 Å². The van der Waals surface area contributed by atoms with Crippen molar-refractivity contribution < 1.29 is 9.53 Å². The Labute approximate surface area is 138 Å². The lowest BCUT2D eigenvalue weighted by Gasteiger charge is -2.17. The average Bonchev–Trinajstić information content (AvgIpc) is 2.58. The van der Waals surface area contributed by atoms with Gasteiger partial charge in [-0.05, 0) is 6.42 Å². The number of esters is 1. The Morgan fingerprint density at radius 1 is 1.12 bits per heavy atom. The van der Waals surface area contributed by atoms with Gasteiger partial charge in [0.15, 0.2) is 0 Å².